The SMILES string of the molecule is Cc1cccc(C(C)C)c1NC(=O)C(N)c1cccs1. The molecule has 0 bridgehead atoms. The number of anilines is 1. The molecule has 0 saturated carbocycles. The van der Waals surface area contributed by atoms with Crippen LogP contribution in [0.4, 0.5) is 5.69 Å². The van der Waals surface area contributed by atoms with E-state index in [0.717, 1.165) is 21.7 Å². The summed E-state index contributed by atoms with van der Waals surface area (Å²) in [4.78, 5) is 13.2. The van der Waals surface area contributed by atoms with Crippen molar-refractivity contribution in [2.45, 2.75) is 32.7 Å². The summed E-state index contributed by atoms with van der Waals surface area (Å²) in [5.74, 6) is 0.187. The van der Waals surface area contributed by atoms with Crippen LogP contribution in [0.1, 0.15) is 41.8 Å². The minimum Gasteiger partial charge on any atom is -0.324 e. The molecule has 4 heteroatoms. The first-order valence-electron chi connectivity index (χ1n) is 6.70. The highest BCUT2D eigenvalue weighted by atomic mass is 32.1. The normalized spacial score (nSPS) is 12.4. The second kappa shape index (κ2) is 6.20. The molecule has 0 radical (unpaired) electrons. The first kappa shape index (κ1) is 14.8. The van der Waals surface area contributed by atoms with Gasteiger partial charge in [-0.15, -0.1) is 11.3 Å². The third-order valence-corrected chi connectivity index (χ3v) is 4.26. The third kappa shape index (κ3) is 3.08. The Kier molecular flexibility index (Phi) is 4.57. The summed E-state index contributed by atoms with van der Waals surface area (Å²) in [5.41, 5.74) is 9.09. The van der Waals surface area contributed by atoms with Crippen molar-refractivity contribution >= 4 is 22.9 Å². The molecule has 1 aromatic heterocycles. The highest BCUT2D eigenvalue weighted by molar-refractivity contribution is 7.10. The summed E-state index contributed by atoms with van der Waals surface area (Å²) in [6.45, 7) is 6.23. The molecule has 1 atom stereocenters. The number of rotatable bonds is 4. The fourth-order valence-electron chi connectivity index (χ4n) is 2.14. The number of carbonyl (C=O) groups is 1. The second-order valence-corrected chi connectivity index (χ2v) is 6.16. The van der Waals surface area contributed by atoms with Gasteiger partial charge in [-0.1, -0.05) is 38.1 Å². The number of hydrogen-bond acceptors (Lipinski definition) is 3. The van der Waals surface area contributed by atoms with Crippen molar-refractivity contribution in [1.82, 2.24) is 0 Å². The van der Waals surface area contributed by atoms with E-state index in [2.05, 4.69) is 19.2 Å². The summed E-state index contributed by atoms with van der Waals surface area (Å²) < 4.78 is 0. The van der Waals surface area contributed by atoms with Gasteiger partial charge in [0.25, 0.3) is 0 Å². The molecule has 106 valence electrons. The number of para-hydroxylation sites is 1. The molecule has 0 fully saturated rings. The molecule has 2 aromatic rings. The van der Waals surface area contributed by atoms with Crippen molar-refractivity contribution in [1.29, 1.82) is 0 Å². The maximum atomic E-state index is 12.3. The largest absolute Gasteiger partial charge is 0.324 e. The minimum atomic E-state index is -0.616. The van der Waals surface area contributed by atoms with Gasteiger partial charge in [0.2, 0.25) is 5.91 Å². The van der Waals surface area contributed by atoms with Crippen LogP contribution in [0.5, 0.6) is 0 Å². The zero-order valence-electron chi connectivity index (χ0n) is 12.0. The summed E-state index contributed by atoms with van der Waals surface area (Å²) in [6.07, 6.45) is 0. The van der Waals surface area contributed by atoms with Gasteiger partial charge in [0.1, 0.15) is 6.04 Å². The molecule has 0 aliphatic carbocycles. The molecule has 1 heterocycles. The van der Waals surface area contributed by atoms with Crippen LogP contribution in [0, 0.1) is 6.92 Å². The molecule has 0 saturated heterocycles. The molecule has 1 amide bonds. The second-order valence-electron chi connectivity index (χ2n) is 5.18. The lowest BCUT2D eigenvalue weighted by Gasteiger charge is -2.18. The molecule has 1 aromatic carbocycles. The standard InChI is InChI=1S/C16H20N2OS/c1-10(2)12-7-4-6-11(3)15(12)18-16(19)14(17)13-8-5-9-20-13/h4-10,14H,17H2,1-3H3,(H,18,19). The van der Waals surface area contributed by atoms with Crippen molar-refractivity contribution in [3.63, 3.8) is 0 Å². The summed E-state index contributed by atoms with van der Waals surface area (Å²) in [6, 6.07) is 9.23. The third-order valence-electron chi connectivity index (χ3n) is 3.31. The van der Waals surface area contributed by atoms with Gasteiger partial charge in [0, 0.05) is 10.6 Å². The molecule has 3 nitrogen and oxygen atoms in total. The molecular weight excluding hydrogens is 268 g/mol. The average molecular weight is 288 g/mol. The van der Waals surface area contributed by atoms with E-state index < -0.39 is 6.04 Å². The summed E-state index contributed by atoms with van der Waals surface area (Å²) in [7, 11) is 0. The average Bonchev–Trinajstić information content (AvgIpc) is 2.93. The number of aryl methyl sites for hydroxylation is 1. The molecular formula is C16H20N2OS. The minimum absolute atomic E-state index is 0.163. The summed E-state index contributed by atoms with van der Waals surface area (Å²) in [5, 5.41) is 4.92. The van der Waals surface area contributed by atoms with E-state index in [-0.39, 0.29) is 5.91 Å². The maximum absolute atomic E-state index is 12.3. The van der Waals surface area contributed by atoms with Crippen LogP contribution in [-0.4, -0.2) is 5.91 Å². The van der Waals surface area contributed by atoms with Gasteiger partial charge in [-0.3, -0.25) is 4.79 Å². The van der Waals surface area contributed by atoms with Crippen molar-refractivity contribution in [2.75, 3.05) is 5.32 Å². The topological polar surface area (TPSA) is 55.1 Å². The van der Waals surface area contributed by atoms with Crippen LogP contribution in [0.2, 0.25) is 0 Å². The monoisotopic (exact) mass is 288 g/mol. The molecule has 0 aliphatic rings. The Morgan fingerprint density at radius 3 is 2.60 bits per heavy atom. The zero-order valence-corrected chi connectivity index (χ0v) is 12.8. The van der Waals surface area contributed by atoms with Gasteiger partial charge in [-0.2, -0.15) is 0 Å². The number of benzene rings is 1. The number of hydrogen-bond donors (Lipinski definition) is 2. The zero-order chi connectivity index (χ0) is 14.7. The highest BCUT2D eigenvalue weighted by Gasteiger charge is 2.19. The first-order valence-corrected chi connectivity index (χ1v) is 7.58. The Bertz CT molecular complexity index is 591. The first-order chi connectivity index (χ1) is 9.50. The lowest BCUT2D eigenvalue weighted by molar-refractivity contribution is -0.117. The smallest absolute Gasteiger partial charge is 0.246 e. The number of nitrogens with two attached hydrogens (primary N) is 1. The van der Waals surface area contributed by atoms with Gasteiger partial charge >= 0.3 is 0 Å². The van der Waals surface area contributed by atoms with E-state index in [1.165, 1.54) is 11.3 Å². The van der Waals surface area contributed by atoms with Gasteiger partial charge in [0.05, 0.1) is 0 Å². The lowest BCUT2D eigenvalue weighted by Crippen LogP contribution is -2.27. The molecule has 1 unspecified atom stereocenters. The van der Waals surface area contributed by atoms with Gasteiger partial charge in [-0.05, 0) is 35.4 Å². The number of amides is 1. The Hall–Kier alpha value is -1.65. The quantitative estimate of drug-likeness (QED) is 0.898. The predicted octanol–water partition coefficient (Wildman–Crippen LogP) is 3.82. The number of nitrogens with one attached hydrogen (secondary N) is 1. The predicted molar refractivity (Wildman–Crippen MR) is 85.1 cm³/mol. The maximum Gasteiger partial charge on any atom is 0.246 e. The lowest BCUT2D eigenvalue weighted by atomic mass is 9.98. The molecule has 0 spiro atoms. The van der Waals surface area contributed by atoms with Crippen LogP contribution in [-0.2, 0) is 4.79 Å². The Labute approximate surface area is 123 Å². The Morgan fingerprint density at radius 2 is 2.00 bits per heavy atom. The van der Waals surface area contributed by atoms with E-state index in [9.17, 15) is 4.79 Å². The van der Waals surface area contributed by atoms with Crippen molar-refractivity contribution in [3.05, 3.63) is 51.7 Å². The molecule has 2 rings (SSSR count). The van der Waals surface area contributed by atoms with Gasteiger partial charge in [0.15, 0.2) is 0 Å². The van der Waals surface area contributed by atoms with E-state index in [0.29, 0.717) is 5.92 Å². The van der Waals surface area contributed by atoms with Crippen LogP contribution in [0.15, 0.2) is 35.7 Å². The molecule has 20 heavy (non-hydrogen) atoms. The Balaban J connectivity index is 2.24. The van der Waals surface area contributed by atoms with Crippen LogP contribution in [0.3, 0.4) is 0 Å². The highest BCUT2D eigenvalue weighted by Crippen LogP contribution is 2.28. The number of carbonyl (C=O) groups excluding carboxylic acids is 1. The van der Waals surface area contributed by atoms with Gasteiger partial charge in [-0.25, -0.2) is 0 Å². The van der Waals surface area contributed by atoms with E-state index in [1.54, 1.807) is 0 Å². The fraction of sp³-hybridized carbons (Fsp3) is 0.312. The molecule has 0 aliphatic heterocycles. The fourth-order valence-corrected chi connectivity index (χ4v) is 2.87. The van der Waals surface area contributed by atoms with E-state index >= 15 is 0 Å². The van der Waals surface area contributed by atoms with E-state index in [1.807, 2.05) is 42.6 Å². The van der Waals surface area contributed by atoms with Crippen molar-refractivity contribution < 1.29 is 4.79 Å². The number of thiophene rings is 1. The van der Waals surface area contributed by atoms with Crippen molar-refractivity contribution in [2.24, 2.45) is 5.73 Å². The van der Waals surface area contributed by atoms with Crippen LogP contribution >= 0.6 is 11.3 Å². The summed E-state index contributed by atoms with van der Waals surface area (Å²) >= 11 is 1.50. The van der Waals surface area contributed by atoms with Gasteiger partial charge < -0.3 is 11.1 Å². The van der Waals surface area contributed by atoms with E-state index in [4.69, 9.17) is 5.73 Å². The van der Waals surface area contributed by atoms with Crippen LogP contribution < -0.4 is 11.1 Å². The molecule has 3 N–H and O–H groups in total. The Morgan fingerprint density at radius 1 is 1.25 bits per heavy atom. The van der Waals surface area contributed by atoms with Crippen molar-refractivity contribution in [3.8, 4) is 0 Å². The van der Waals surface area contributed by atoms with Crippen LogP contribution in [0.25, 0.3) is 0 Å².